The minimum atomic E-state index is -0.440. The molecule has 0 radical (unpaired) electrons. The molecule has 12 heteroatoms. The van der Waals surface area contributed by atoms with Crippen molar-refractivity contribution in [2.45, 2.75) is 62.3 Å². The van der Waals surface area contributed by atoms with Crippen LogP contribution in [0.1, 0.15) is 44.1 Å². The van der Waals surface area contributed by atoms with Crippen LogP contribution in [0.4, 0.5) is 37.3 Å². The molecule has 1 N–H and O–H groups in total. The molecule has 0 spiro atoms. The first-order valence-corrected chi connectivity index (χ1v) is 19.6. The van der Waals surface area contributed by atoms with Crippen molar-refractivity contribution < 1.29 is 23.0 Å². The Kier molecular flexibility index (Phi) is 9.88. The number of pyridine rings is 2. The van der Waals surface area contributed by atoms with Gasteiger partial charge in [0.15, 0.2) is 0 Å². The number of aromatic nitrogens is 2. The van der Waals surface area contributed by atoms with E-state index >= 15 is 8.78 Å². The van der Waals surface area contributed by atoms with Gasteiger partial charge < -0.3 is 39.1 Å². The molecule has 7 heterocycles. The molecule has 2 aromatic heterocycles. The second-order valence-electron chi connectivity index (χ2n) is 15.2. The van der Waals surface area contributed by atoms with Crippen molar-refractivity contribution in [3.05, 3.63) is 96.3 Å². The molecule has 5 aliphatic heterocycles. The summed E-state index contributed by atoms with van der Waals surface area (Å²) in [5.74, 6) is 0.921. The Balaban J connectivity index is 0.995. The summed E-state index contributed by atoms with van der Waals surface area (Å²) in [7, 11) is 0. The van der Waals surface area contributed by atoms with E-state index in [-0.39, 0.29) is 29.8 Å². The van der Waals surface area contributed by atoms with Gasteiger partial charge in [0, 0.05) is 91.6 Å². The molecule has 54 heavy (non-hydrogen) atoms. The third-order valence-electron chi connectivity index (χ3n) is 12.1. The average molecular weight is 738 g/mol. The fourth-order valence-corrected chi connectivity index (χ4v) is 9.57. The van der Waals surface area contributed by atoms with Crippen LogP contribution in [0.15, 0.2) is 79.1 Å². The summed E-state index contributed by atoms with van der Waals surface area (Å²) in [5.41, 5.74) is 4.61. The molecule has 284 valence electrons. The van der Waals surface area contributed by atoms with Gasteiger partial charge in [0.05, 0.1) is 44.6 Å². The first-order valence-electron chi connectivity index (χ1n) is 19.6. The number of piperidine rings is 2. The summed E-state index contributed by atoms with van der Waals surface area (Å²) in [6.07, 6.45) is 8.89. The lowest BCUT2D eigenvalue weighted by Gasteiger charge is -2.51. The van der Waals surface area contributed by atoms with Gasteiger partial charge in [-0.05, 0) is 81.0 Å². The smallest absolute Gasteiger partial charge is 0.215 e. The van der Waals surface area contributed by atoms with E-state index in [2.05, 4.69) is 42.0 Å². The molecular formula is C42H49F2N7O3. The van der Waals surface area contributed by atoms with Crippen molar-refractivity contribution in [1.29, 1.82) is 0 Å². The van der Waals surface area contributed by atoms with Crippen LogP contribution in [0.25, 0.3) is 0 Å². The van der Waals surface area contributed by atoms with Gasteiger partial charge in [0.1, 0.15) is 23.6 Å². The molecule has 0 saturated carbocycles. The molecular weight excluding hydrogens is 689 g/mol. The van der Waals surface area contributed by atoms with Gasteiger partial charge in [-0.2, -0.15) is 0 Å². The van der Waals surface area contributed by atoms with Crippen LogP contribution in [0.2, 0.25) is 0 Å². The Morgan fingerprint density at radius 1 is 0.704 bits per heavy atom. The predicted molar refractivity (Wildman–Crippen MR) is 207 cm³/mol. The summed E-state index contributed by atoms with van der Waals surface area (Å²) >= 11 is 0. The number of fused-ring (bicyclic) bond motifs is 2. The quantitative estimate of drug-likeness (QED) is 0.203. The van der Waals surface area contributed by atoms with Gasteiger partial charge in [-0.1, -0.05) is 12.1 Å². The molecule has 10 nitrogen and oxygen atoms in total. The minimum absolute atomic E-state index is 0.0783. The summed E-state index contributed by atoms with van der Waals surface area (Å²) < 4.78 is 48.0. The summed E-state index contributed by atoms with van der Waals surface area (Å²) in [6, 6.07) is 20.6. The van der Waals surface area contributed by atoms with E-state index in [4.69, 9.17) is 19.2 Å². The Morgan fingerprint density at radius 3 is 2.20 bits per heavy atom. The number of ether oxygens (including phenoxy) is 3. The van der Waals surface area contributed by atoms with Crippen molar-refractivity contribution in [1.82, 2.24) is 9.97 Å². The molecule has 5 fully saturated rings. The highest BCUT2D eigenvalue weighted by atomic mass is 19.1. The number of hydrogen-bond donors (Lipinski definition) is 1. The van der Waals surface area contributed by atoms with E-state index in [0.29, 0.717) is 25.6 Å². The number of benzene rings is 2. The zero-order valence-electron chi connectivity index (χ0n) is 30.7. The lowest BCUT2D eigenvalue weighted by molar-refractivity contribution is 0.122. The van der Waals surface area contributed by atoms with E-state index in [1.807, 2.05) is 36.7 Å². The lowest BCUT2D eigenvalue weighted by atomic mass is 9.78. The van der Waals surface area contributed by atoms with Crippen LogP contribution < -0.4 is 29.7 Å². The van der Waals surface area contributed by atoms with E-state index in [9.17, 15) is 0 Å². The zero-order chi connectivity index (χ0) is 36.5. The molecule has 5 aliphatic rings. The van der Waals surface area contributed by atoms with Crippen molar-refractivity contribution in [2.24, 2.45) is 0 Å². The van der Waals surface area contributed by atoms with Gasteiger partial charge in [-0.15, -0.1) is 0 Å². The van der Waals surface area contributed by atoms with Gasteiger partial charge >= 0.3 is 0 Å². The average Bonchev–Trinajstić information content (AvgIpc) is 3.51. The largest absolute Gasteiger partial charge is 0.472 e. The van der Waals surface area contributed by atoms with E-state index in [1.54, 1.807) is 24.3 Å². The van der Waals surface area contributed by atoms with Crippen molar-refractivity contribution >= 4 is 28.6 Å². The number of nitrogens with one attached hydrogen (secondary N) is 1. The van der Waals surface area contributed by atoms with Gasteiger partial charge in [0.25, 0.3) is 0 Å². The number of halogens is 2. The topological polar surface area (TPSA) is 78.5 Å². The van der Waals surface area contributed by atoms with Crippen LogP contribution in [0.3, 0.4) is 0 Å². The van der Waals surface area contributed by atoms with Crippen molar-refractivity contribution in [3.63, 3.8) is 0 Å². The molecule has 4 atom stereocenters. The molecule has 1 unspecified atom stereocenters. The number of rotatable bonds is 9. The molecule has 2 bridgehead atoms. The van der Waals surface area contributed by atoms with Gasteiger partial charge in [-0.25, -0.2) is 18.7 Å². The number of hydrogen-bond acceptors (Lipinski definition) is 10. The SMILES string of the molecule is Fc1cccc(N2C3CC[C@@]2(c2ccc(F)cc2N2CCC[C@@H](Oc4cc(N5CCOCC5)ccn4)C2)CC[C@H]3Nc2cc(N3CCOCC3)ccn2)c1. The van der Waals surface area contributed by atoms with Crippen LogP contribution in [-0.4, -0.2) is 93.9 Å². The Morgan fingerprint density at radius 2 is 1.43 bits per heavy atom. The molecule has 0 aliphatic carbocycles. The second kappa shape index (κ2) is 15.2. The maximum absolute atomic E-state index is 15.3. The molecule has 9 rings (SSSR count). The highest BCUT2D eigenvalue weighted by Crippen LogP contribution is 2.55. The standard InChI is InChI=1S/C42H49F2N7O3/c43-30-3-1-4-34(25-30)51-38-9-13-42(51,12-8-37(38)47-40-27-32(10-14-45-40)48-17-21-52-22-18-48)36-7-6-31(44)26-39(36)50-16-2-5-35(29-50)54-41-28-33(11-15-46-41)49-19-23-53-24-20-49/h1,3-4,6-7,10-11,14-15,25-28,35,37-38H,2,5,8-9,12-13,16-24,29H2,(H,45,47)/t35-,37-,38?,42-/m1/s1. The second-order valence-corrected chi connectivity index (χ2v) is 15.2. The molecule has 4 aromatic rings. The zero-order valence-corrected chi connectivity index (χ0v) is 30.7. The summed E-state index contributed by atoms with van der Waals surface area (Å²) in [4.78, 5) is 18.7. The predicted octanol–water partition coefficient (Wildman–Crippen LogP) is 6.61. The number of morpholine rings is 2. The monoisotopic (exact) mass is 737 g/mol. The number of nitrogens with zero attached hydrogens (tertiary/aromatic N) is 6. The summed E-state index contributed by atoms with van der Waals surface area (Å²) in [5, 5.41) is 3.81. The third-order valence-corrected chi connectivity index (χ3v) is 12.1. The van der Waals surface area contributed by atoms with Crippen molar-refractivity contribution in [2.75, 3.05) is 90.6 Å². The van der Waals surface area contributed by atoms with E-state index < -0.39 is 5.54 Å². The first kappa shape index (κ1) is 35.0. The Hall–Kier alpha value is -4.68. The van der Waals surface area contributed by atoms with Gasteiger partial charge in [-0.3, -0.25) is 0 Å². The third kappa shape index (κ3) is 7.01. The van der Waals surface area contributed by atoms with E-state index in [1.165, 1.54) is 6.07 Å². The maximum Gasteiger partial charge on any atom is 0.215 e. The van der Waals surface area contributed by atoms with Crippen LogP contribution in [-0.2, 0) is 15.0 Å². The lowest BCUT2D eigenvalue weighted by Crippen LogP contribution is -2.56. The molecule has 5 saturated heterocycles. The van der Waals surface area contributed by atoms with Crippen molar-refractivity contribution in [3.8, 4) is 5.88 Å². The molecule has 0 amide bonds. The fourth-order valence-electron chi connectivity index (χ4n) is 9.57. The Labute approximate surface area is 316 Å². The van der Waals surface area contributed by atoms with Crippen LogP contribution in [0, 0.1) is 11.6 Å². The number of anilines is 5. The van der Waals surface area contributed by atoms with Crippen LogP contribution in [0.5, 0.6) is 5.88 Å². The van der Waals surface area contributed by atoms with E-state index in [0.717, 1.165) is 119 Å². The normalized spacial score (nSPS) is 25.9. The highest BCUT2D eigenvalue weighted by Gasteiger charge is 2.54. The minimum Gasteiger partial charge on any atom is -0.472 e. The van der Waals surface area contributed by atoms with Gasteiger partial charge in [0.2, 0.25) is 5.88 Å². The Bertz CT molecular complexity index is 1920. The molecule has 2 aromatic carbocycles. The fraction of sp³-hybridized carbons (Fsp3) is 0.476. The first-order chi connectivity index (χ1) is 26.5. The summed E-state index contributed by atoms with van der Waals surface area (Å²) in [6.45, 7) is 7.67. The highest BCUT2D eigenvalue weighted by molar-refractivity contribution is 5.65. The van der Waals surface area contributed by atoms with Crippen LogP contribution >= 0.6 is 0 Å². The maximum atomic E-state index is 15.3.